The van der Waals surface area contributed by atoms with Crippen LogP contribution in [0.1, 0.15) is 50.2 Å². The molecule has 6 heteroatoms. The number of para-hydroxylation sites is 1. The van der Waals surface area contributed by atoms with Crippen LogP contribution in [0.4, 0.5) is 5.69 Å². The van der Waals surface area contributed by atoms with Crippen LogP contribution in [0.2, 0.25) is 0 Å². The Kier molecular flexibility index (Phi) is 5.88. The first-order valence-electron chi connectivity index (χ1n) is 11.7. The van der Waals surface area contributed by atoms with Crippen LogP contribution in [0.3, 0.4) is 0 Å². The lowest BCUT2D eigenvalue weighted by atomic mass is 10.0. The van der Waals surface area contributed by atoms with Crippen molar-refractivity contribution in [3.8, 4) is 0 Å². The molecule has 1 saturated heterocycles. The smallest absolute Gasteiger partial charge is 0.256 e. The highest BCUT2D eigenvalue weighted by atomic mass is 16.2. The Morgan fingerprint density at radius 2 is 1.65 bits per heavy atom. The number of aryl methyl sites for hydroxylation is 1. The summed E-state index contributed by atoms with van der Waals surface area (Å²) in [5.41, 5.74) is 4.58. The molecule has 3 amide bonds. The molecule has 3 aromatic carbocycles. The fourth-order valence-electron chi connectivity index (χ4n) is 4.90. The summed E-state index contributed by atoms with van der Waals surface area (Å²) >= 11 is 0. The molecule has 2 aliphatic rings. The van der Waals surface area contributed by atoms with Gasteiger partial charge < -0.3 is 15.1 Å². The minimum absolute atomic E-state index is 0.0917. The predicted octanol–water partition coefficient (Wildman–Crippen LogP) is 4.08. The van der Waals surface area contributed by atoms with E-state index in [1.807, 2.05) is 67.6 Å². The van der Waals surface area contributed by atoms with Crippen molar-refractivity contribution >= 4 is 23.4 Å². The maximum atomic E-state index is 13.6. The molecule has 0 aromatic heterocycles. The summed E-state index contributed by atoms with van der Waals surface area (Å²) in [5, 5.41) is 3.02. The molecule has 34 heavy (non-hydrogen) atoms. The molecule has 0 saturated carbocycles. The fraction of sp³-hybridized carbons (Fsp3) is 0.250. The van der Waals surface area contributed by atoms with E-state index in [9.17, 15) is 14.4 Å². The van der Waals surface area contributed by atoms with Crippen molar-refractivity contribution in [1.82, 2.24) is 10.2 Å². The van der Waals surface area contributed by atoms with Gasteiger partial charge in [-0.2, -0.15) is 0 Å². The van der Waals surface area contributed by atoms with E-state index >= 15 is 0 Å². The van der Waals surface area contributed by atoms with Gasteiger partial charge in [0.05, 0.1) is 17.8 Å². The summed E-state index contributed by atoms with van der Waals surface area (Å²) in [5.74, 6) is -0.378. The minimum atomic E-state index is -0.457. The molecule has 0 aliphatic carbocycles. The molecule has 172 valence electrons. The van der Waals surface area contributed by atoms with Crippen LogP contribution in [0.5, 0.6) is 0 Å². The quantitative estimate of drug-likeness (QED) is 0.633. The number of rotatable bonds is 5. The molecule has 0 radical (unpaired) electrons. The van der Waals surface area contributed by atoms with E-state index in [2.05, 4.69) is 5.32 Å². The molecule has 1 atom stereocenters. The molecule has 5 rings (SSSR count). The van der Waals surface area contributed by atoms with Crippen LogP contribution in [0.15, 0.2) is 72.8 Å². The maximum Gasteiger partial charge on any atom is 0.256 e. The fourth-order valence-corrected chi connectivity index (χ4v) is 4.90. The monoisotopic (exact) mass is 453 g/mol. The number of hydrogen-bond donors (Lipinski definition) is 1. The Hall–Kier alpha value is -3.93. The first kappa shape index (κ1) is 21.9. The first-order chi connectivity index (χ1) is 16.5. The van der Waals surface area contributed by atoms with Gasteiger partial charge in [0.25, 0.3) is 11.8 Å². The van der Waals surface area contributed by atoms with Crippen LogP contribution < -0.4 is 10.2 Å². The predicted molar refractivity (Wildman–Crippen MR) is 130 cm³/mol. The van der Waals surface area contributed by atoms with Gasteiger partial charge in [0.1, 0.15) is 6.04 Å². The minimum Gasteiger partial charge on any atom is -0.348 e. The van der Waals surface area contributed by atoms with Crippen LogP contribution in [-0.4, -0.2) is 35.2 Å². The van der Waals surface area contributed by atoms with Crippen LogP contribution in [0.25, 0.3) is 0 Å². The van der Waals surface area contributed by atoms with E-state index in [0.717, 1.165) is 23.1 Å². The summed E-state index contributed by atoms with van der Waals surface area (Å²) in [7, 11) is 0. The Balaban J connectivity index is 1.45. The Morgan fingerprint density at radius 3 is 2.47 bits per heavy atom. The number of fused-ring (bicyclic) bond motifs is 2. The Labute approximate surface area is 199 Å². The second kappa shape index (κ2) is 9.14. The summed E-state index contributed by atoms with van der Waals surface area (Å²) in [6.07, 6.45) is 1.48. The van der Waals surface area contributed by atoms with Gasteiger partial charge in [0, 0.05) is 18.7 Å². The zero-order chi connectivity index (χ0) is 23.7. The number of carbonyl (C=O) groups excluding carboxylic acids is 3. The second-order valence-electron chi connectivity index (χ2n) is 8.86. The van der Waals surface area contributed by atoms with Crippen LogP contribution >= 0.6 is 0 Å². The number of carbonyl (C=O) groups is 3. The van der Waals surface area contributed by atoms with Crippen LogP contribution in [-0.2, 0) is 17.9 Å². The molecular formula is C28H27N3O3. The molecule has 1 N–H and O–H groups in total. The summed E-state index contributed by atoms with van der Waals surface area (Å²) in [6.45, 7) is 3.26. The van der Waals surface area contributed by atoms with Gasteiger partial charge in [-0.1, -0.05) is 54.6 Å². The SMILES string of the molecule is Cc1ccccc1CNC(=O)c1ccccc1CN1C(=O)[C@H]2CCCN2C(=O)c2ccccc21. The van der Waals surface area contributed by atoms with E-state index in [-0.39, 0.29) is 24.3 Å². The molecule has 3 aromatic rings. The maximum absolute atomic E-state index is 13.6. The third-order valence-electron chi connectivity index (χ3n) is 6.78. The molecular weight excluding hydrogens is 426 g/mol. The van der Waals surface area contributed by atoms with Gasteiger partial charge in [-0.25, -0.2) is 0 Å². The van der Waals surface area contributed by atoms with Gasteiger partial charge in [-0.15, -0.1) is 0 Å². The van der Waals surface area contributed by atoms with Crippen molar-refractivity contribution in [1.29, 1.82) is 0 Å². The molecule has 0 bridgehead atoms. The lowest BCUT2D eigenvalue weighted by Crippen LogP contribution is -2.44. The van der Waals surface area contributed by atoms with Gasteiger partial charge in [-0.05, 0) is 54.7 Å². The van der Waals surface area contributed by atoms with Gasteiger partial charge in [-0.3, -0.25) is 14.4 Å². The zero-order valence-corrected chi connectivity index (χ0v) is 19.2. The molecule has 2 heterocycles. The highest BCUT2D eigenvalue weighted by Crippen LogP contribution is 2.33. The van der Waals surface area contributed by atoms with E-state index < -0.39 is 6.04 Å². The normalized spacial score (nSPS) is 17.3. The molecule has 0 spiro atoms. The van der Waals surface area contributed by atoms with Crippen molar-refractivity contribution < 1.29 is 14.4 Å². The highest BCUT2D eigenvalue weighted by Gasteiger charge is 2.42. The largest absolute Gasteiger partial charge is 0.348 e. The first-order valence-corrected chi connectivity index (χ1v) is 11.7. The van der Waals surface area contributed by atoms with Crippen molar-refractivity contribution in [3.63, 3.8) is 0 Å². The van der Waals surface area contributed by atoms with Crippen molar-refractivity contribution in [2.24, 2.45) is 0 Å². The number of nitrogens with one attached hydrogen (secondary N) is 1. The van der Waals surface area contributed by atoms with Crippen molar-refractivity contribution in [2.75, 3.05) is 11.4 Å². The Morgan fingerprint density at radius 1 is 0.941 bits per heavy atom. The average Bonchev–Trinajstić information content (AvgIpc) is 3.33. The second-order valence-corrected chi connectivity index (χ2v) is 8.86. The lowest BCUT2D eigenvalue weighted by molar-refractivity contribution is -0.122. The number of hydrogen-bond acceptors (Lipinski definition) is 3. The average molecular weight is 454 g/mol. The molecule has 0 unspecified atom stereocenters. The summed E-state index contributed by atoms with van der Waals surface area (Å²) in [4.78, 5) is 43.3. The molecule has 6 nitrogen and oxygen atoms in total. The van der Waals surface area contributed by atoms with Gasteiger partial charge >= 0.3 is 0 Å². The van der Waals surface area contributed by atoms with Crippen LogP contribution in [0, 0.1) is 6.92 Å². The molecule has 1 fully saturated rings. The number of amides is 3. The third kappa shape index (κ3) is 3.96. The summed E-state index contributed by atoms with van der Waals surface area (Å²) < 4.78 is 0. The lowest BCUT2D eigenvalue weighted by Gasteiger charge is -2.26. The number of nitrogens with zero attached hydrogens (tertiary/aromatic N) is 2. The Bertz CT molecular complexity index is 1270. The van der Waals surface area contributed by atoms with Crippen molar-refractivity contribution in [3.05, 3.63) is 101 Å². The standard InChI is InChI=1S/C28H27N3O3/c1-19-9-2-3-10-20(19)17-29-26(32)22-12-5-4-11-21(22)18-31-24-14-7-6-13-23(24)27(33)30-16-8-15-25(30)28(31)34/h2-7,9-14,25H,8,15-18H2,1H3,(H,29,32)/t25-/m1/s1. The topological polar surface area (TPSA) is 69.7 Å². The zero-order valence-electron chi connectivity index (χ0n) is 19.2. The van der Waals surface area contributed by atoms with E-state index in [1.54, 1.807) is 21.9 Å². The van der Waals surface area contributed by atoms with Gasteiger partial charge in [0.15, 0.2) is 0 Å². The molecule has 2 aliphatic heterocycles. The van der Waals surface area contributed by atoms with E-state index in [4.69, 9.17) is 0 Å². The highest BCUT2D eigenvalue weighted by molar-refractivity contribution is 6.11. The van der Waals surface area contributed by atoms with E-state index in [0.29, 0.717) is 36.3 Å². The van der Waals surface area contributed by atoms with Gasteiger partial charge in [0.2, 0.25) is 5.91 Å². The number of benzene rings is 3. The van der Waals surface area contributed by atoms with E-state index in [1.165, 1.54) is 0 Å². The summed E-state index contributed by atoms with van der Waals surface area (Å²) in [6, 6.07) is 22.1. The number of anilines is 1. The third-order valence-corrected chi connectivity index (χ3v) is 6.78. The van der Waals surface area contributed by atoms with Crippen molar-refractivity contribution in [2.45, 2.75) is 38.9 Å².